The molecule has 4 nitrogen and oxygen atoms in total. The van der Waals surface area contributed by atoms with E-state index in [1.165, 1.54) is 12.1 Å². The summed E-state index contributed by atoms with van der Waals surface area (Å²) in [6.07, 6.45) is 4.35. The second-order valence-electron chi connectivity index (χ2n) is 8.65. The van der Waals surface area contributed by atoms with Crippen molar-refractivity contribution in [2.24, 2.45) is 17.4 Å². The highest BCUT2D eigenvalue weighted by molar-refractivity contribution is 7.82. The van der Waals surface area contributed by atoms with Gasteiger partial charge < -0.3 is 16.2 Å². The van der Waals surface area contributed by atoms with Crippen LogP contribution in [0.2, 0.25) is 0 Å². The maximum atomic E-state index is 15.3. The molecule has 1 aromatic rings. The minimum Gasteiger partial charge on any atom is -0.373 e. The molecule has 4 N–H and O–H groups in total. The molecule has 2 aliphatic carbocycles. The normalized spacial score (nSPS) is 26.1. The molecule has 3 rings (SSSR count). The number of benzene rings is 1. The fourth-order valence-electron chi connectivity index (χ4n) is 3.88. The third-order valence-electron chi connectivity index (χ3n) is 6.04. The van der Waals surface area contributed by atoms with E-state index < -0.39 is 17.4 Å². The van der Waals surface area contributed by atoms with Crippen molar-refractivity contribution < 1.29 is 18.3 Å². The van der Waals surface area contributed by atoms with E-state index in [2.05, 4.69) is 19.6 Å². The molecule has 0 heterocycles. The Kier molecular flexibility index (Phi) is 6.37. The molecule has 156 valence electrons. The van der Waals surface area contributed by atoms with Gasteiger partial charge in [0.05, 0.1) is 18.8 Å². The number of ether oxygens (including phenoxy) is 1. The first-order valence-electron chi connectivity index (χ1n) is 9.96. The number of amides is 1. The van der Waals surface area contributed by atoms with Crippen molar-refractivity contribution in [1.82, 2.24) is 0 Å². The van der Waals surface area contributed by atoms with Gasteiger partial charge in [-0.25, -0.2) is 8.78 Å². The summed E-state index contributed by atoms with van der Waals surface area (Å²) in [7, 11) is 0. The van der Waals surface area contributed by atoms with Crippen LogP contribution < -0.4 is 11.5 Å². The predicted octanol–water partition coefficient (Wildman–Crippen LogP) is 3.86. The largest absolute Gasteiger partial charge is 0.373 e. The quantitative estimate of drug-likeness (QED) is 0.483. The van der Waals surface area contributed by atoms with Gasteiger partial charge in [-0.1, -0.05) is 6.92 Å². The number of carbonyl (C=O) groups is 1. The first-order chi connectivity index (χ1) is 13.1. The minimum atomic E-state index is -1.49. The van der Waals surface area contributed by atoms with E-state index in [1.54, 1.807) is 0 Å². The maximum Gasteiger partial charge on any atom is 0.251 e. The van der Waals surface area contributed by atoms with Crippen LogP contribution >= 0.6 is 12.6 Å². The van der Waals surface area contributed by atoms with Gasteiger partial charge in [-0.2, -0.15) is 12.6 Å². The highest BCUT2D eigenvalue weighted by atomic mass is 32.1. The molecular formula is C21H30F2N2O2S. The second-order valence-corrected chi connectivity index (χ2v) is 9.67. The van der Waals surface area contributed by atoms with E-state index >= 15 is 4.39 Å². The first-order valence-corrected chi connectivity index (χ1v) is 10.4. The molecule has 2 fully saturated rings. The van der Waals surface area contributed by atoms with Gasteiger partial charge >= 0.3 is 0 Å². The number of nitrogens with two attached hydrogens (primary N) is 2. The van der Waals surface area contributed by atoms with Gasteiger partial charge in [0.2, 0.25) is 0 Å². The van der Waals surface area contributed by atoms with E-state index in [9.17, 15) is 9.18 Å². The number of primary amides is 1. The molecule has 0 bridgehead atoms. The number of hydrogen-bond acceptors (Lipinski definition) is 4. The molecule has 28 heavy (non-hydrogen) atoms. The molecule has 3 unspecified atom stereocenters. The van der Waals surface area contributed by atoms with Crippen molar-refractivity contribution in [2.75, 3.05) is 13.2 Å². The second kappa shape index (κ2) is 8.28. The lowest BCUT2D eigenvalue weighted by molar-refractivity contribution is -0.00436. The molecule has 2 saturated carbocycles. The summed E-state index contributed by atoms with van der Waals surface area (Å²) >= 11 is 4.55. The SMILES string of the molecule is CC1(S)CC1CCC(F)(CCN)COCc1cc(F)c(C(N)=O)cc1C1CC1. The maximum absolute atomic E-state index is 15.3. The van der Waals surface area contributed by atoms with Crippen molar-refractivity contribution in [1.29, 1.82) is 0 Å². The van der Waals surface area contributed by atoms with E-state index in [1.807, 2.05) is 0 Å². The van der Waals surface area contributed by atoms with Crippen molar-refractivity contribution in [3.63, 3.8) is 0 Å². The molecule has 3 atom stereocenters. The highest BCUT2D eigenvalue weighted by Gasteiger charge is 2.47. The van der Waals surface area contributed by atoms with Crippen LogP contribution in [0.15, 0.2) is 12.1 Å². The van der Waals surface area contributed by atoms with Gasteiger partial charge in [0.25, 0.3) is 5.91 Å². The average molecular weight is 413 g/mol. The molecule has 0 radical (unpaired) electrons. The number of halogens is 2. The number of carbonyl (C=O) groups excluding carboxylic acids is 1. The predicted molar refractivity (Wildman–Crippen MR) is 109 cm³/mol. The minimum absolute atomic E-state index is 0.0172. The summed E-state index contributed by atoms with van der Waals surface area (Å²) < 4.78 is 35.2. The monoisotopic (exact) mass is 412 g/mol. The Morgan fingerprint density at radius 2 is 2.07 bits per heavy atom. The first kappa shape index (κ1) is 21.5. The zero-order valence-electron chi connectivity index (χ0n) is 16.3. The van der Waals surface area contributed by atoms with Crippen LogP contribution in [-0.4, -0.2) is 29.5 Å². The molecule has 0 aliphatic heterocycles. The summed E-state index contributed by atoms with van der Waals surface area (Å²) in [5, 5.41) is 0. The summed E-state index contributed by atoms with van der Waals surface area (Å²) in [6.45, 7) is 2.34. The molecule has 0 saturated heterocycles. The van der Waals surface area contributed by atoms with Gasteiger partial charge in [-0.05, 0) is 80.2 Å². The zero-order valence-corrected chi connectivity index (χ0v) is 17.2. The van der Waals surface area contributed by atoms with Crippen LogP contribution in [-0.2, 0) is 11.3 Å². The Labute approximate surface area is 170 Å². The van der Waals surface area contributed by atoms with Crippen LogP contribution in [0.25, 0.3) is 0 Å². The number of thiol groups is 1. The summed E-state index contributed by atoms with van der Waals surface area (Å²) in [4.78, 5) is 11.4. The fourth-order valence-corrected chi connectivity index (χ4v) is 4.23. The standard InChI is InChI=1S/C21H30F2N2O2S/c1-20(28)10-15(20)4-5-21(23,6-7-24)12-27-11-14-8-18(22)17(19(25)26)9-16(14)13-2-3-13/h8-9,13,15,28H,2-7,10-12,24H2,1H3,(H2,25,26). The molecule has 2 aliphatic rings. The van der Waals surface area contributed by atoms with Gasteiger partial charge in [0.15, 0.2) is 0 Å². The van der Waals surface area contributed by atoms with Gasteiger partial charge in [-0.15, -0.1) is 0 Å². The van der Waals surface area contributed by atoms with Crippen molar-refractivity contribution in [3.05, 3.63) is 34.6 Å². The van der Waals surface area contributed by atoms with Crippen LogP contribution in [0, 0.1) is 11.7 Å². The third kappa shape index (κ3) is 5.24. The topological polar surface area (TPSA) is 78.3 Å². The van der Waals surface area contributed by atoms with E-state index in [4.69, 9.17) is 16.2 Å². The fraction of sp³-hybridized carbons (Fsp3) is 0.667. The molecule has 0 aromatic heterocycles. The molecular weight excluding hydrogens is 382 g/mol. The smallest absolute Gasteiger partial charge is 0.251 e. The molecule has 1 aromatic carbocycles. The summed E-state index contributed by atoms with van der Waals surface area (Å²) in [6, 6.07) is 2.82. The van der Waals surface area contributed by atoms with Gasteiger partial charge in [-0.3, -0.25) is 4.79 Å². The van der Waals surface area contributed by atoms with Crippen molar-refractivity contribution in [3.8, 4) is 0 Å². The number of rotatable bonds is 11. The van der Waals surface area contributed by atoms with Crippen LogP contribution in [0.1, 0.15) is 72.9 Å². The van der Waals surface area contributed by atoms with Crippen molar-refractivity contribution >= 4 is 18.5 Å². The number of hydrogen-bond donors (Lipinski definition) is 3. The van der Waals surface area contributed by atoms with Gasteiger partial charge in [0.1, 0.15) is 11.5 Å². The number of alkyl halides is 1. The average Bonchev–Trinajstić information content (AvgIpc) is 3.51. The molecule has 1 amide bonds. The summed E-state index contributed by atoms with van der Waals surface area (Å²) in [5.74, 6) is -0.723. The highest BCUT2D eigenvalue weighted by Crippen LogP contribution is 2.52. The molecule has 0 spiro atoms. The summed E-state index contributed by atoms with van der Waals surface area (Å²) in [5.41, 5.74) is 10.8. The van der Waals surface area contributed by atoms with Crippen molar-refractivity contribution in [2.45, 2.75) is 68.4 Å². The van der Waals surface area contributed by atoms with Crippen LogP contribution in [0.3, 0.4) is 0 Å². The third-order valence-corrected chi connectivity index (χ3v) is 6.59. The van der Waals surface area contributed by atoms with Crippen LogP contribution in [0.5, 0.6) is 0 Å². The Balaban J connectivity index is 1.62. The Morgan fingerprint density at radius 3 is 2.61 bits per heavy atom. The Hall–Kier alpha value is -1.18. The molecule has 7 heteroatoms. The van der Waals surface area contributed by atoms with Gasteiger partial charge in [0, 0.05) is 4.75 Å². The lowest BCUT2D eigenvalue weighted by atomic mass is 9.94. The zero-order chi connectivity index (χ0) is 20.5. The van der Waals surface area contributed by atoms with E-state index in [0.29, 0.717) is 23.8 Å². The Morgan fingerprint density at radius 1 is 1.39 bits per heavy atom. The van der Waals surface area contributed by atoms with E-state index in [0.717, 1.165) is 31.2 Å². The lowest BCUT2D eigenvalue weighted by Crippen LogP contribution is -2.32. The Bertz CT molecular complexity index is 739. The van der Waals surface area contributed by atoms with E-state index in [-0.39, 0.29) is 36.5 Å². The lowest BCUT2D eigenvalue weighted by Gasteiger charge is -2.25. The van der Waals surface area contributed by atoms with Crippen LogP contribution in [0.4, 0.5) is 8.78 Å².